The average molecular weight is 344 g/mol. The van der Waals surface area contributed by atoms with Crippen LogP contribution in [-0.4, -0.2) is 38.8 Å². The highest BCUT2D eigenvalue weighted by atomic mass is 35.5. The maximum Gasteiger partial charge on any atom is 0.512 e. The molecule has 0 amide bonds. The van der Waals surface area contributed by atoms with Gasteiger partial charge >= 0.3 is 18.5 Å². The number of hydrogen-bond donors (Lipinski definition) is 3. The maximum atomic E-state index is 10.7. The van der Waals surface area contributed by atoms with Crippen LogP contribution in [-0.2, 0) is 0 Å². The molecule has 0 unspecified atom stereocenters. The summed E-state index contributed by atoms with van der Waals surface area (Å²) < 4.78 is 13.2. The molecule has 0 saturated carbocycles. The van der Waals surface area contributed by atoms with Crippen molar-refractivity contribution < 1.29 is 43.9 Å². The first-order chi connectivity index (χ1) is 10.8. The van der Waals surface area contributed by atoms with Gasteiger partial charge in [-0.15, -0.1) is 0 Å². The molecule has 120 valence electrons. The van der Waals surface area contributed by atoms with E-state index in [0.717, 1.165) is 6.07 Å². The number of halogens is 1. The fourth-order valence-corrected chi connectivity index (χ4v) is 1.85. The number of ether oxygens (including phenoxy) is 3. The number of rotatable bonds is 3. The van der Waals surface area contributed by atoms with E-state index in [9.17, 15) is 14.4 Å². The monoisotopic (exact) mass is 343 g/mol. The van der Waals surface area contributed by atoms with Gasteiger partial charge in [0.15, 0.2) is 11.5 Å². The molecule has 10 nitrogen and oxygen atoms in total. The topological polar surface area (TPSA) is 152 Å². The minimum atomic E-state index is -1.78. The molecular formula is C12H6ClNO9. The second-order valence-corrected chi connectivity index (χ2v) is 4.25. The zero-order valence-corrected chi connectivity index (χ0v) is 11.6. The molecule has 2 aromatic rings. The number of carbonyl (C=O) groups is 3. The molecule has 1 heterocycles. The predicted molar refractivity (Wildman–Crippen MR) is 72.7 cm³/mol. The van der Waals surface area contributed by atoms with Crippen LogP contribution in [0.2, 0.25) is 5.02 Å². The Kier molecular flexibility index (Phi) is 4.37. The van der Waals surface area contributed by atoms with Gasteiger partial charge in [0.2, 0.25) is 0 Å². The van der Waals surface area contributed by atoms with E-state index in [1.54, 1.807) is 0 Å². The van der Waals surface area contributed by atoms with Gasteiger partial charge in [0.1, 0.15) is 5.52 Å². The van der Waals surface area contributed by atoms with E-state index >= 15 is 0 Å². The Morgan fingerprint density at radius 2 is 1.57 bits per heavy atom. The minimum absolute atomic E-state index is 0.111. The summed E-state index contributed by atoms with van der Waals surface area (Å²) in [4.78, 5) is 35.7. The zero-order chi connectivity index (χ0) is 17.1. The van der Waals surface area contributed by atoms with Crippen LogP contribution in [0.4, 0.5) is 14.4 Å². The van der Waals surface area contributed by atoms with E-state index in [2.05, 4.69) is 19.2 Å². The lowest BCUT2D eigenvalue weighted by Crippen LogP contribution is -2.10. The fourth-order valence-electron chi connectivity index (χ4n) is 1.66. The summed E-state index contributed by atoms with van der Waals surface area (Å²) in [5, 5.41) is 26.1. The zero-order valence-electron chi connectivity index (χ0n) is 10.8. The Morgan fingerprint density at radius 1 is 0.957 bits per heavy atom. The van der Waals surface area contributed by atoms with Gasteiger partial charge in [0.25, 0.3) is 5.88 Å². The van der Waals surface area contributed by atoms with Gasteiger partial charge in [-0.05, 0) is 12.1 Å². The second kappa shape index (κ2) is 6.23. The van der Waals surface area contributed by atoms with Crippen molar-refractivity contribution >= 4 is 41.0 Å². The number of hydrogen-bond acceptors (Lipinski definition) is 7. The molecule has 0 atom stereocenters. The molecule has 0 aliphatic carbocycles. The number of carboxylic acid groups (broad SMARTS) is 3. The molecule has 0 aliphatic rings. The molecule has 0 aliphatic heterocycles. The van der Waals surface area contributed by atoms with Crippen LogP contribution < -0.4 is 14.2 Å². The van der Waals surface area contributed by atoms with Crippen LogP contribution in [0.1, 0.15) is 0 Å². The number of pyridine rings is 1. The Morgan fingerprint density at radius 3 is 2.13 bits per heavy atom. The molecule has 11 heteroatoms. The van der Waals surface area contributed by atoms with E-state index in [4.69, 9.17) is 26.9 Å². The van der Waals surface area contributed by atoms with E-state index in [0.29, 0.717) is 0 Å². The summed E-state index contributed by atoms with van der Waals surface area (Å²) in [6.45, 7) is 0. The predicted octanol–water partition coefficient (Wildman–Crippen LogP) is 3.06. The van der Waals surface area contributed by atoms with Crippen LogP contribution in [0.25, 0.3) is 10.9 Å². The molecule has 0 fully saturated rings. The first-order valence-electron chi connectivity index (χ1n) is 5.63. The van der Waals surface area contributed by atoms with Crippen molar-refractivity contribution in [2.24, 2.45) is 0 Å². The van der Waals surface area contributed by atoms with Gasteiger partial charge in [0, 0.05) is 5.39 Å². The molecule has 23 heavy (non-hydrogen) atoms. The molecule has 1 aromatic carbocycles. The lowest BCUT2D eigenvalue weighted by atomic mass is 10.2. The number of fused-ring (bicyclic) bond motifs is 1. The Balaban J connectivity index is 2.70. The lowest BCUT2D eigenvalue weighted by Gasteiger charge is -2.10. The Bertz CT molecular complexity index is 820. The summed E-state index contributed by atoms with van der Waals surface area (Å²) in [7, 11) is 0. The van der Waals surface area contributed by atoms with Gasteiger partial charge in [-0.1, -0.05) is 17.7 Å². The third kappa shape index (κ3) is 3.68. The summed E-state index contributed by atoms with van der Waals surface area (Å²) in [6.07, 6.45) is -5.18. The van der Waals surface area contributed by atoms with Gasteiger partial charge in [-0.3, -0.25) is 0 Å². The second-order valence-electron chi connectivity index (χ2n) is 3.84. The largest absolute Gasteiger partial charge is 0.512 e. The Hall–Kier alpha value is -3.27. The maximum absolute atomic E-state index is 10.7. The first kappa shape index (κ1) is 16.1. The molecule has 0 radical (unpaired) electrons. The van der Waals surface area contributed by atoms with Gasteiger partial charge in [0.05, 0.1) is 5.02 Å². The van der Waals surface area contributed by atoms with Crippen molar-refractivity contribution in [3.05, 3.63) is 23.2 Å². The average Bonchev–Trinajstić information content (AvgIpc) is 2.42. The highest BCUT2D eigenvalue weighted by molar-refractivity contribution is 6.33. The quantitative estimate of drug-likeness (QED) is 0.559. The van der Waals surface area contributed by atoms with Crippen molar-refractivity contribution in [2.75, 3.05) is 0 Å². The van der Waals surface area contributed by atoms with E-state index < -0.39 is 30.1 Å². The molecule has 0 spiro atoms. The summed E-state index contributed by atoms with van der Waals surface area (Å²) in [6, 6.07) is 3.74. The number of aromatic nitrogens is 1. The smallest absolute Gasteiger partial charge is 0.449 e. The van der Waals surface area contributed by atoms with Crippen LogP contribution in [0, 0.1) is 0 Å². The van der Waals surface area contributed by atoms with Crippen LogP contribution in [0.3, 0.4) is 0 Å². The van der Waals surface area contributed by atoms with Crippen molar-refractivity contribution in [3.8, 4) is 17.4 Å². The summed E-state index contributed by atoms with van der Waals surface area (Å²) in [5.74, 6) is -1.59. The fraction of sp³-hybridized carbons (Fsp3) is 0. The standard InChI is InChI=1S/C12H6ClNO9/c13-5-2-1-4-3-6(21-10(15)16)9(23-12(19)20)14-7(4)8(5)22-11(17)18/h1-3H,(H,15,16)(H,17,18)(H,19,20). The van der Waals surface area contributed by atoms with Gasteiger partial charge in [-0.25, -0.2) is 19.4 Å². The normalized spacial score (nSPS) is 10.1. The number of benzene rings is 1. The molecular weight excluding hydrogens is 338 g/mol. The number of nitrogens with zero attached hydrogens (tertiary/aromatic N) is 1. The summed E-state index contributed by atoms with van der Waals surface area (Å²) in [5.41, 5.74) is -0.158. The van der Waals surface area contributed by atoms with Crippen molar-refractivity contribution in [1.82, 2.24) is 4.98 Å². The molecule has 0 saturated heterocycles. The van der Waals surface area contributed by atoms with Crippen molar-refractivity contribution in [3.63, 3.8) is 0 Å². The molecule has 2 rings (SSSR count). The van der Waals surface area contributed by atoms with Crippen LogP contribution in [0.15, 0.2) is 18.2 Å². The van der Waals surface area contributed by atoms with Gasteiger partial charge in [-0.2, -0.15) is 0 Å². The Labute approximate surface area is 131 Å². The third-order valence-electron chi connectivity index (χ3n) is 2.40. The highest BCUT2D eigenvalue weighted by Gasteiger charge is 2.20. The van der Waals surface area contributed by atoms with Crippen molar-refractivity contribution in [1.29, 1.82) is 0 Å². The lowest BCUT2D eigenvalue weighted by molar-refractivity contribution is 0.131. The van der Waals surface area contributed by atoms with E-state index in [1.807, 2.05) is 0 Å². The minimum Gasteiger partial charge on any atom is -0.449 e. The first-order valence-corrected chi connectivity index (χ1v) is 6.01. The molecule has 1 aromatic heterocycles. The molecule has 3 N–H and O–H groups in total. The van der Waals surface area contributed by atoms with E-state index in [1.165, 1.54) is 12.1 Å². The SMILES string of the molecule is O=C(O)Oc1cc2ccc(Cl)c(OC(=O)O)c2nc1OC(=O)O. The molecule has 0 bridgehead atoms. The highest BCUT2D eigenvalue weighted by Crippen LogP contribution is 2.37. The van der Waals surface area contributed by atoms with Crippen LogP contribution >= 0.6 is 11.6 Å². The van der Waals surface area contributed by atoms with Gasteiger partial charge < -0.3 is 29.5 Å². The summed E-state index contributed by atoms with van der Waals surface area (Å²) >= 11 is 5.82. The van der Waals surface area contributed by atoms with E-state index in [-0.39, 0.29) is 21.7 Å². The third-order valence-corrected chi connectivity index (χ3v) is 2.69. The van der Waals surface area contributed by atoms with Crippen molar-refractivity contribution in [2.45, 2.75) is 0 Å². The van der Waals surface area contributed by atoms with Crippen LogP contribution in [0.5, 0.6) is 17.4 Å².